The summed E-state index contributed by atoms with van der Waals surface area (Å²) in [5.74, 6) is 0.820. The van der Waals surface area contributed by atoms with Crippen molar-refractivity contribution in [3.05, 3.63) is 65.7 Å². The van der Waals surface area contributed by atoms with Gasteiger partial charge in [-0.2, -0.15) is 5.10 Å². The molecular formula is C21H25N3OS. The van der Waals surface area contributed by atoms with E-state index >= 15 is 0 Å². The monoisotopic (exact) mass is 367 g/mol. The van der Waals surface area contributed by atoms with Gasteiger partial charge >= 0.3 is 0 Å². The van der Waals surface area contributed by atoms with Crippen molar-refractivity contribution >= 4 is 23.5 Å². The van der Waals surface area contributed by atoms with Crippen LogP contribution < -0.4 is 15.5 Å². The van der Waals surface area contributed by atoms with Crippen molar-refractivity contribution in [2.75, 3.05) is 0 Å². The Kier molecular flexibility index (Phi) is 7.02. The lowest BCUT2D eigenvalue weighted by Crippen LogP contribution is -2.40. The van der Waals surface area contributed by atoms with Crippen molar-refractivity contribution in [3.8, 4) is 5.75 Å². The van der Waals surface area contributed by atoms with Gasteiger partial charge in [0.05, 0.1) is 6.21 Å². The van der Waals surface area contributed by atoms with Gasteiger partial charge in [0.25, 0.3) is 0 Å². The smallest absolute Gasteiger partial charge is 0.187 e. The molecule has 0 saturated heterocycles. The van der Waals surface area contributed by atoms with Crippen LogP contribution in [0, 0.1) is 0 Å². The highest BCUT2D eigenvalue weighted by Crippen LogP contribution is 2.17. The van der Waals surface area contributed by atoms with Gasteiger partial charge in [-0.25, -0.2) is 0 Å². The van der Waals surface area contributed by atoms with Crippen molar-refractivity contribution in [1.82, 2.24) is 10.7 Å². The zero-order valence-corrected chi connectivity index (χ0v) is 15.7. The second-order valence-corrected chi connectivity index (χ2v) is 6.93. The molecular weight excluding hydrogens is 342 g/mol. The van der Waals surface area contributed by atoms with Gasteiger partial charge in [0, 0.05) is 6.04 Å². The van der Waals surface area contributed by atoms with Crippen LogP contribution in [0.3, 0.4) is 0 Å². The van der Waals surface area contributed by atoms with Gasteiger partial charge in [-0.15, -0.1) is 0 Å². The lowest BCUT2D eigenvalue weighted by atomic mass is 9.96. The highest BCUT2D eigenvalue weighted by Gasteiger charge is 2.13. The Morgan fingerprint density at radius 2 is 1.88 bits per heavy atom. The minimum Gasteiger partial charge on any atom is -0.489 e. The summed E-state index contributed by atoms with van der Waals surface area (Å²) in [6, 6.07) is 18.5. The number of ether oxygens (including phenoxy) is 1. The molecule has 1 aliphatic carbocycles. The molecule has 4 nitrogen and oxygen atoms in total. The molecule has 1 aliphatic rings. The Morgan fingerprint density at radius 3 is 2.69 bits per heavy atom. The molecule has 0 heterocycles. The number of benzene rings is 2. The first-order chi connectivity index (χ1) is 12.8. The molecule has 0 aliphatic heterocycles. The molecule has 2 aromatic rings. The quantitative estimate of drug-likeness (QED) is 0.451. The summed E-state index contributed by atoms with van der Waals surface area (Å²) in [6.07, 6.45) is 8.01. The maximum atomic E-state index is 5.84. The first-order valence-electron chi connectivity index (χ1n) is 9.16. The summed E-state index contributed by atoms with van der Waals surface area (Å²) < 4.78 is 5.84. The predicted molar refractivity (Wildman–Crippen MR) is 111 cm³/mol. The number of hydrogen-bond acceptors (Lipinski definition) is 3. The number of nitrogens with one attached hydrogen (secondary N) is 2. The van der Waals surface area contributed by atoms with Crippen molar-refractivity contribution in [2.45, 2.75) is 44.8 Å². The van der Waals surface area contributed by atoms with Gasteiger partial charge in [0.15, 0.2) is 5.11 Å². The van der Waals surface area contributed by atoms with Gasteiger partial charge < -0.3 is 10.1 Å². The fourth-order valence-electron chi connectivity index (χ4n) is 3.06. The van der Waals surface area contributed by atoms with Gasteiger partial charge in [-0.3, -0.25) is 5.43 Å². The normalized spacial score (nSPS) is 14.9. The summed E-state index contributed by atoms with van der Waals surface area (Å²) in [6.45, 7) is 0.551. The van der Waals surface area contributed by atoms with E-state index in [0.29, 0.717) is 17.8 Å². The molecule has 1 saturated carbocycles. The van der Waals surface area contributed by atoms with E-state index in [1.54, 1.807) is 6.21 Å². The van der Waals surface area contributed by atoms with E-state index in [0.717, 1.165) is 16.9 Å². The first-order valence-corrected chi connectivity index (χ1v) is 9.57. The van der Waals surface area contributed by atoms with Crippen LogP contribution in [-0.4, -0.2) is 17.4 Å². The van der Waals surface area contributed by atoms with Gasteiger partial charge in [-0.05, 0) is 48.3 Å². The molecule has 0 unspecified atom stereocenters. The van der Waals surface area contributed by atoms with Crippen molar-refractivity contribution in [3.63, 3.8) is 0 Å². The topological polar surface area (TPSA) is 45.7 Å². The van der Waals surface area contributed by atoms with E-state index in [2.05, 4.69) is 28.0 Å². The second kappa shape index (κ2) is 9.92. The summed E-state index contributed by atoms with van der Waals surface area (Å²) in [4.78, 5) is 0. The number of thiocarbonyl (C=S) groups is 1. The van der Waals surface area contributed by atoms with Crippen molar-refractivity contribution in [1.29, 1.82) is 0 Å². The lowest BCUT2D eigenvalue weighted by molar-refractivity contribution is 0.306. The summed E-state index contributed by atoms with van der Waals surface area (Å²) >= 11 is 5.31. The van der Waals surface area contributed by atoms with Crippen LogP contribution in [0.25, 0.3) is 0 Å². The van der Waals surface area contributed by atoms with Crippen molar-refractivity contribution < 1.29 is 4.74 Å². The molecule has 26 heavy (non-hydrogen) atoms. The molecule has 2 N–H and O–H groups in total. The second-order valence-electron chi connectivity index (χ2n) is 6.53. The van der Waals surface area contributed by atoms with E-state index < -0.39 is 0 Å². The predicted octanol–water partition coefficient (Wildman–Crippen LogP) is 4.40. The third-order valence-electron chi connectivity index (χ3n) is 4.43. The molecule has 0 aromatic heterocycles. The maximum absolute atomic E-state index is 5.84. The molecule has 0 radical (unpaired) electrons. The zero-order valence-electron chi connectivity index (χ0n) is 14.9. The Morgan fingerprint density at radius 1 is 1.08 bits per heavy atom. The highest BCUT2D eigenvalue weighted by atomic mass is 32.1. The number of rotatable bonds is 6. The van der Waals surface area contributed by atoms with E-state index in [1.165, 1.54) is 32.1 Å². The van der Waals surface area contributed by atoms with Crippen LogP contribution >= 0.6 is 12.2 Å². The molecule has 2 aromatic carbocycles. The summed E-state index contributed by atoms with van der Waals surface area (Å²) in [5.41, 5.74) is 5.01. The van der Waals surface area contributed by atoms with Gasteiger partial charge in [0.2, 0.25) is 0 Å². The summed E-state index contributed by atoms with van der Waals surface area (Å²) in [5, 5.41) is 8.16. The van der Waals surface area contributed by atoms with Crippen LogP contribution in [0.15, 0.2) is 59.7 Å². The first kappa shape index (κ1) is 18.4. The molecule has 0 bridgehead atoms. The highest BCUT2D eigenvalue weighted by molar-refractivity contribution is 7.80. The molecule has 0 spiro atoms. The average Bonchev–Trinajstić information content (AvgIpc) is 2.68. The fraction of sp³-hybridized carbons (Fsp3) is 0.333. The Labute approximate surface area is 160 Å². The Bertz CT molecular complexity index is 727. The Hall–Kier alpha value is -2.40. The zero-order chi connectivity index (χ0) is 18.0. The number of nitrogens with zero attached hydrogens (tertiary/aromatic N) is 1. The van der Waals surface area contributed by atoms with Crippen LogP contribution in [-0.2, 0) is 6.61 Å². The van der Waals surface area contributed by atoms with E-state index in [-0.39, 0.29) is 0 Å². The standard InChI is InChI=1S/C21H25N3OS/c26-21(23-19-11-5-2-6-12-19)24-22-15-18-10-7-13-20(14-18)25-16-17-8-3-1-4-9-17/h1,3-4,7-10,13-15,19H,2,5-6,11-12,16H2,(H2,23,24,26). The SMILES string of the molecule is S=C(NN=Cc1cccc(OCc2ccccc2)c1)NC1CCCCC1. The molecule has 5 heteroatoms. The Balaban J connectivity index is 1.46. The van der Waals surface area contributed by atoms with E-state index in [9.17, 15) is 0 Å². The summed E-state index contributed by atoms with van der Waals surface area (Å²) in [7, 11) is 0. The van der Waals surface area contributed by atoms with Crippen molar-refractivity contribution in [2.24, 2.45) is 5.10 Å². The van der Waals surface area contributed by atoms with Crippen LogP contribution in [0.2, 0.25) is 0 Å². The molecule has 1 fully saturated rings. The van der Waals surface area contributed by atoms with E-state index in [4.69, 9.17) is 17.0 Å². The van der Waals surface area contributed by atoms with Crippen LogP contribution in [0.1, 0.15) is 43.2 Å². The van der Waals surface area contributed by atoms with Crippen LogP contribution in [0.5, 0.6) is 5.75 Å². The number of hydrazone groups is 1. The molecule has 0 amide bonds. The van der Waals surface area contributed by atoms with E-state index in [1.807, 2.05) is 42.5 Å². The third kappa shape index (κ3) is 6.15. The molecule has 3 rings (SSSR count). The van der Waals surface area contributed by atoms with Gasteiger partial charge in [0.1, 0.15) is 12.4 Å². The average molecular weight is 368 g/mol. The number of hydrogen-bond donors (Lipinski definition) is 2. The maximum Gasteiger partial charge on any atom is 0.187 e. The third-order valence-corrected chi connectivity index (χ3v) is 4.64. The molecule has 0 atom stereocenters. The molecule has 136 valence electrons. The fourth-order valence-corrected chi connectivity index (χ4v) is 3.27. The minimum atomic E-state index is 0.480. The largest absolute Gasteiger partial charge is 0.489 e. The van der Waals surface area contributed by atoms with Gasteiger partial charge in [-0.1, -0.05) is 61.7 Å². The van der Waals surface area contributed by atoms with Crippen LogP contribution in [0.4, 0.5) is 0 Å². The lowest BCUT2D eigenvalue weighted by Gasteiger charge is -2.23. The minimum absolute atomic E-state index is 0.480.